The van der Waals surface area contributed by atoms with E-state index in [0.29, 0.717) is 5.75 Å². The molecule has 2 aromatic carbocycles. The molecule has 3 nitrogen and oxygen atoms in total. The molecule has 0 fully saturated rings. The van der Waals surface area contributed by atoms with E-state index in [2.05, 4.69) is 46.9 Å². The predicted octanol–water partition coefficient (Wildman–Crippen LogP) is 2.93. The Morgan fingerprint density at radius 2 is 1.67 bits per heavy atom. The number of hydrogen-bond acceptors (Lipinski definition) is 3. The van der Waals surface area contributed by atoms with Crippen molar-refractivity contribution in [1.82, 2.24) is 0 Å². The summed E-state index contributed by atoms with van der Waals surface area (Å²) in [6.07, 6.45) is 0. The Bertz CT molecular complexity index is 532. The molecule has 2 rings (SSSR count). The molecule has 0 aliphatic carbocycles. The Morgan fingerprint density at radius 1 is 1.00 bits per heavy atom. The average molecular weight is 354 g/mol. The zero-order chi connectivity index (χ0) is 13.2. The Kier molecular flexibility index (Phi) is 3.89. The van der Waals surface area contributed by atoms with Crippen LogP contribution in [0.15, 0.2) is 48.5 Å². The normalized spacial score (nSPS) is 11.3. The summed E-state index contributed by atoms with van der Waals surface area (Å²) in [7, 11) is 0. The molecule has 18 heavy (non-hydrogen) atoms. The van der Waals surface area contributed by atoms with Crippen molar-refractivity contribution < 1.29 is 4.74 Å². The standard InChI is InChI=1S/C14H15IN2O/c1-14(16,17)18-13-4-2-3-11(9-13)10-5-7-12(15)8-6-10/h2-9H,16-17H2,1H3. The van der Waals surface area contributed by atoms with Crippen molar-refractivity contribution in [1.29, 1.82) is 0 Å². The van der Waals surface area contributed by atoms with Crippen LogP contribution in [0, 0.1) is 3.57 Å². The Balaban J connectivity index is 2.29. The second kappa shape index (κ2) is 5.26. The first-order chi connectivity index (χ1) is 8.44. The fourth-order valence-electron chi connectivity index (χ4n) is 1.64. The third-order valence-corrected chi connectivity index (χ3v) is 3.07. The van der Waals surface area contributed by atoms with E-state index in [-0.39, 0.29) is 0 Å². The van der Waals surface area contributed by atoms with Crippen molar-refractivity contribution in [3.63, 3.8) is 0 Å². The zero-order valence-corrected chi connectivity index (χ0v) is 12.2. The van der Waals surface area contributed by atoms with Gasteiger partial charge in [0.05, 0.1) is 0 Å². The molecule has 94 valence electrons. The highest BCUT2D eigenvalue weighted by molar-refractivity contribution is 14.1. The quantitative estimate of drug-likeness (QED) is 0.658. The molecule has 0 amide bonds. The summed E-state index contributed by atoms with van der Waals surface area (Å²) in [5, 5.41) is 0. The van der Waals surface area contributed by atoms with E-state index >= 15 is 0 Å². The summed E-state index contributed by atoms with van der Waals surface area (Å²) in [5.74, 6) is -0.497. The molecule has 0 heterocycles. The molecular formula is C14H15IN2O. The number of nitrogens with two attached hydrogens (primary N) is 2. The second-order valence-electron chi connectivity index (χ2n) is 4.32. The maximum atomic E-state index is 5.63. The average Bonchev–Trinajstić information content (AvgIpc) is 2.28. The fraction of sp³-hybridized carbons (Fsp3) is 0.143. The van der Waals surface area contributed by atoms with Crippen LogP contribution in [0.1, 0.15) is 6.92 Å². The van der Waals surface area contributed by atoms with Crippen molar-refractivity contribution in [3.8, 4) is 16.9 Å². The van der Waals surface area contributed by atoms with Crippen LogP contribution in [0.2, 0.25) is 0 Å². The second-order valence-corrected chi connectivity index (χ2v) is 5.57. The monoisotopic (exact) mass is 354 g/mol. The summed E-state index contributed by atoms with van der Waals surface area (Å²) in [6, 6.07) is 16.0. The molecule has 0 aliphatic rings. The van der Waals surface area contributed by atoms with E-state index in [4.69, 9.17) is 16.2 Å². The molecule has 0 atom stereocenters. The van der Waals surface area contributed by atoms with Gasteiger partial charge in [-0.05, 0) is 58.0 Å². The van der Waals surface area contributed by atoms with Crippen LogP contribution in [0.25, 0.3) is 11.1 Å². The minimum absolute atomic E-state index is 0.665. The number of halogens is 1. The Hall–Kier alpha value is -1.11. The SMILES string of the molecule is CC(N)(N)Oc1cccc(-c2ccc(I)cc2)c1. The molecule has 4 heteroatoms. The molecule has 0 aliphatic heterocycles. The van der Waals surface area contributed by atoms with Crippen LogP contribution in [-0.4, -0.2) is 5.85 Å². The first-order valence-corrected chi connectivity index (χ1v) is 6.65. The van der Waals surface area contributed by atoms with Crippen LogP contribution in [0.4, 0.5) is 0 Å². The van der Waals surface area contributed by atoms with Gasteiger partial charge in [0, 0.05) is 10.5 Å². The summed E-state index contributed by atoms with van der Waals surface area (Å²) in [4.78, 5) is 0. The van der Waals surface area contributed by atoms with Gasteiger partial charge >= 0.3 is 0 Å². The van der Waals surface area contributed by atoms with Gasteiger partial charge in [-0.25, -0.2) is 0 Å². The number of rotatable bonds is 3. The van der Waals surface area contributed by atoms with Gasteiger partial charge in [-0.1, -0.05) is 24.3 Å². The summed E-state index contributed by atoms with van der Waals surface area (Å²) >= 11 is 2.28. The molecule has 4 N–H and O–H groups in total. The van der Waals surface area contributed by atoms with E-state index in [0.717, 1.165) is 11.1 Å². The maximum absolute atomic E-state index is 5.63. The van der Waals surface area contributed by atoms with Gasteiger partial charge in [0.15, 0.2) is 0 Å². The topological polar surface area (TPSA) is 61.3 Å². The fourth-order valence-corrected chi connectivity index (χ4v) is 2.00. The maximum Gasteiger partial charge on any atom is 0.209 e. The zero-order valence-electron chi connectivity index (χ0n) is 10.1. The number of ether oxygens (including phenoxy) is 1. The van der Waals surface area contributed by atoms with E-state index < -0.39 is 5.85 Å². The first-order valence-electron chi connectivity index (χ1n) is 5.57. The van der Waals surface area contributed by atoms with Crippen LogP contribution in [0.5, 0.6) is 5.75 Å². The molecule has 0 saturated heterocycles. The third kappa shape index (κ3) is 3.69. The van der Waals surface area contributed by atoms with E-state index in [1.54, 1.807) is 6.92 Å². The molecule has 0 saturated carbocycles. The van der Waals surface area contributed by atoms with Gasteiger partial charge in [-0.2, -0.15) is 0 Å². The molecular weight excluding hydrogens is 339 g/mol. The first kappa shape index (κ1) is 13.3. The minimum atomic E-state index is -1.16. The third-order valence-electron chi connectivity index (χ3n) is 2.35. The highest BCUT2D eigenvalue weighted by Crippen LogP contribution is 2.25. The van der Waals surface area contributed by atoms with Crippen molar-refractivity contribution >= 4 is 22.6 Å². The lowest BCUT2D eigenvalue weighted by Crippen LogP contribution is -2.51. The summed E-state index contributed by atoms with van der Waals surface area (Å²) < 4.78 is 6.65. The summed E-state index contributed by atoms with van der Waals surface area (Å²) in [5.41, 5.74) is 13.5. The highest BCUT2D eigenvalue weighted by atomic mass is 127. The molecule has 0 unspecified atom stereocenters. The lowest BCUT2D eigenvalue weighted by atomic mass is 10.1. The van der Waals surface area contributed by atoms with E-state index in [9.17, 15) is 0 Å². The molecule has 0 spiro atoms. The van der Waals surface area contributed by atoms with Crippen LogP contribution >= 0.6 is 22.6 Å². The van der Waals surface area contributed by atoms with Gasteiger partial charge in [0.1, 0.15) is 5.75 Å². The molecule has 0 aromatic heterocycles. The van der Waals surface area contributed by atoms with Crippen LogP contribution < -0.4 is 16.2 Å². The number of hydrogen-bond donors (Lipinski definition) is 2. The highest BCUT2D eigenvalue weighted by Gasteiger charge is 2.12. The lowest BCUT2D eigenvalue weighted by Gasteiger charge is -2.21. The van der Waals surface area contributed by atoms with Crippen molar-refractivity contribution in [3.05, 3.63) is 52.1 Å². The molecule has 0 radical (unpaired) electrons. The Labute approximate surface area is 120 Å². The van der Waals surface area contributed by atoms with Gasteiger partial charge in [-0.15, -0.1) is 0 Å². The van der Waals surface area contributed by atoms with Gasteiger partial charge in [-0.3, -0.25) is 11.5 Å². The van der Waals surface area contributed by atoms with Crippen LogP contribution in [-0.2, 0) is 0 Å². The predicted molar refractivity (Wildman–Crippen MR) is 82.0 cm³/mol. The van der Waals surface area contributed by atoms with Crippen molar-refractivity contribution in [2.45, 2.75) is 12.8 Å². The van der Waals surface area contributed by atoms with Crippen molar-refractivity contribution in [2.24, 2.45) is 11.5 Å². The van der Waals surface area contributed by atoms with Crippen molar-refractivity contribution in [2.75, 3.05) is 0 Å². The minimum Gasteiger partial charge on any atom is -0.460 e. The van der Waals surface area contributed by atoms with Gasteiger partial charge in [0.2, 0.25) is 5.85 Å². The molecule has 0 bridgehead atoms. The largest absolute Gasteiger partial charge is 0.460 e. The van der Waals surface area contributed by atoms with Gasteiger partial charge in [0.25, 0.3) is 0 Å². The smallest absolute Gasteiger partial charge is 0.209 e. The summed E-state index contributed by atoms with van der Waals surface area (Å²) in [6.45, 7) is 1.62. The molecule has 2 aromatic rings. The lowest BCUT2D eigenvalue weighted by molar-refractivity contribution is 0.104. The van der Waals surface area contributed by atoms with E-state index in [1.807, 2.05) is 24.3 Å². The van der Waals surface area contributed by atoms with Crippen LogP contribution in [0.3, 0.4) is 0 Å². The van der Waals surface area contributed by atoms with E-state index in [1.165, 1.54) is 3.57 Å². The number of benzene rings is 2. The van der Waals surface area contributed by atoms with Gasteiger partial charge < -0.3 is 4.74 Å². The Morgan fingerprint density at radius 3 is 2.28 bits per heavy atom.